The van der Waals surface area contributed by atoms with Gasteiger partial charge in [0.1, 0.15) is 0 Å². The first-order valence-electron chi connectivity index (χ1n) is 10.9. The highest BCUT2D eigenvalue weighted by molar-refractivity contribution is 7.99. The number of fused-ring (bicyclic) bond motifs is 2. The van der Waals surface area contributed by atoms with Crippen molar-refractivity contribution >= 4 is 34.0 Å². The minimum Gasteiger partial charge on any atom is -0.333 e. The minimum atomic E-state index is -0.460. The Morgan fingerprint density at radius 2 is 1.71 bits per heavy atom. The van der Waals surface area contributed by atoms with Crippen molar-refractivity contribution in [2.24, 2.45) is 7.05 Å². The van der Waals surface area contributed by atoms with Crippen molar-refractivity contribution < 1.29 is 0 Å². The maximum atomic E-state index is 12.6. The molecule has 2 N–H and O–H groups in total. The maximum Gasteiger partial charge on any atom is 0.329 e. The fraction of sp³-hybridized carbons (Fsp3) is 0.455. The second-order valence-corrected chi connectivity index (χ2v) is 8.77. The third-order valence-corrected chi connectivity index (χ3v) is 6.39. The molecule has 0 unspecified atom stereocenters. The lowest BCUT2D eigenvalue weighted by Gasteiger charge is -2.08. The number of nitrogens with one attached hydrogen (secondary N) is 2. The predicted molar refractivity (Wildman–Crippen MR) is 124 cm³/mol. The van der Waals surface area contributed by atoms with Crippen LogP contribution in [0, 0.1) is 0 Å². The molecule has 0 aliphatic carbocycles. The van der Waals surface area contributed by atoms with Crippen LogP contribution in [-0.2, 0) is 13.6 Å². The lowest BCUT2D eigenvalue weighted by molar-refractivity contribution is 0.538. The van der Waals surface area contributed by atoms with E-state index in [1.807, 2.05) is 28.8 Å². The van der Waals surface area contributed by atoms with Gasteiger partial charge in [0, 0.05) is 13.6 Å². The minimum absolute atomic E-state index is 0.398. The molecule has 1 aromatic carbocycles. The zero-order valence-corrected chi connectivity index (χ0v) is 18.8. The number of aromatic nitrogens is 6. The summed E-state index contributed by atoms with van der Waals surface area (Å²) in [5, 5.41) is 1.37. The van der Waals surface area contributed by atoms with Crippen molar-refractivity contribution in [2.75, 3.05) is 0 Å². The van der Waals surface area contributed by atoms with Crippen molar-refractivity contribution in [3.05, 3.63) is 45.1 Å². The number of unbranched alkanes of at least 4 members (excludes halogenated alkanes) is 6. The van der Waals surface area contributed by atoms with E-state index >= 15 is 0 Å². The first-order chi connectivity index (χ1) is 15.1. The molecule has 0 aliphatic rings. The fourth-order valence-electron chi connectivity index (χ4n) is 3.79. The normalized spacial score (nSPS) is 11.7. The molecule has 0 aliphatic heterocycles. The molecule has 0 amide bonds. The van der Waals surface area contributed by atoms with Crippen molar-refractivity contribution in [3.8, 4) is 0 Å². The standard InChI is InChI=1S/C22H28N6O2S/c1-3-4-5-6-7-8-11-14-28-17-18(27(2)21(30)26-19(17)29)25-22(28)31-20-23-15-12-9-10-13-16(15)24-20/h9-10,12-13H,3-8,11,14H2,1-2H3,(H,23,24)(H,26,29,30). The van der Waals surface area contributed by atoms with E-state index in [2.05, 4.69) is 26.9 Å². The van der Waals surface area contributed by atoms with Crippen LogP contribution in [0.15, 0.2) is 44.2 Å². The third-order valence-electron chi connectivity index (χ3n) is 5.51. The third kappa shape index (κ3) is 4.61. The molecule has 0 saturated carbocycles. The number of hydrogen-bond donors (Lipinski definition) is 2. The van der Waals surface area contributed by atoms with E-state index < -0.39 is 11.2 Å². The van der Waals surface area contributed by atoms with Crippen LogP contribution in [0.5, 0.6) is 0 Å². The van der Waals surface area contributed by atoms with Gasteiger partial charge in [0.25, 0.3) is 5.56 Å². The smallest absolute Gasteiger partial charge is 0.329 e. The molecule has 0 atom stereocenters. The summed E-state index contributed by atoms with van der Waals surface area (Å²) in [6, 6.07) is 7.83. The highest BCUT2D eigenvalue weighted by Gasteiger charge is 2.19. The number of hydrogen-bond acceptors (Lipinski definition) is 5. The van der Waals surface area contributed by atoms with E-state index in [0.29, 0.717) is 28.0 Å². The van der Waals surface area contributed by atoms with Crippen LogP contribution in [0.1, 0.15) is 51.9 Å². The van der Waals surface area contributed by atoms with Gasteiger partial charge >= 0.3 is 5.69 Å². The SMILES string of the molecule is CCCCCCCCCn1c(Sc2nc3ccccc3[nH]2)nc2c1c(=O)[nH]c(=O)n2C. The molecular formula is C22H28N6O2S. The monoisotopic (exact) mass is 440 g/mol. The second kappa shape index (κ2) is 9.55. The van der Waals surface area contributed by atoms with Crippen LogP contribution in [-0.4, -0.2) is 29.1 Å². The van der Waals surface area contributed by atoms with Crippen LogP contribution in [0.2, 0.25) is 0 Å². The fourth-order valence-corrected chi connectivity index (χ4v) is 4.69. The van der Waals surface area contributed by atoms with Gasteiger partial charge in [0.05, 0.1) is 11.0 Å². The molecule has 31 heavy (non-hydrogen) atoms. The average molecular weight is 441 g/mol. The number of para-hydroxylation sites is 2. The largest absolute Gasteiger partial charge is 0.333 e. The topological polar surface area (TPSA) is 101 Å². The van der Waals surface area contributed by atoms with Crippen molar-refractivity contribution in [3.63, 3.8) is 0 Å². The average Bonchev–Trinajstić information content (AvgIpc) is 3.33. The molecule has 0 radical (unpaired) electrons. The summed E-state index contributed by atoms with van der Waals surface area (Å²) in [5.74, 6) is 0. The zero-order chi connectivity index (χ0) is 21.8. The van der Waals surface area contributed by atoms with Crippen LogP contribution >= 0.6 is 11.8 Å². The Balaban J connectivity index is 1.62. The van der Waals surface area contributed by atoms with E-state index in [9.17, 15) is 9.59 Å². The van der Waals surface area contributed by atoms with Gasteiger partial charge in [0.2, 0.25) is 0 Å². The molecule has 0 saturated heterocycles. The molecule has 0 spiro atoms. The van der Waals surface area contributed by atoms with Crippen LogP contribution < -0.4 is 11.2 Å². The van der Waals surface area contributed by atoms with Crippen molar-refractivity contribution in [2.45, 2.75) is 68.7 Å². The maximum absolute atomic E-state index is 12.6. The molecule has 0 fully saturated rings. The Morgan fingerprint density at radius 3 is 2.48 bits per heavy atom. The highest BCUT2D eigenvalue weighted by atomic mass is 32.2. The van der Waals surface area contributed by atoms with Gasteiger partial charge in [-0.05, 0) is 30.3 Å². The van der Waals surface area contributed by atoms with Gasteiger partial charge in [-0.2, -0.15) is 0 Å². The van der Waals surface area contributed by atoms with E-state index in [4.69, 9.17) is 0 Å². The molecule has 3 aromatic heterocycles. The van der Waals surface area contributed by atoms with Gasteiger partial charge in [-0.3, -0.25) is 14.3 Å². The lowest BCUT2D eigenvalue weighted by atomic mass is 10.1. The van der Waals surface area contributed by atoms with Gasteiger partial charge < -0.3 is 9.55 Å². The van der Waals surface area contributed by atoms with Crippen molar-refractivity contribution in [1.82, 2.24) is 29.1 Å². The predicted octanol–water partition coefficient (Wildman–Crippen LogP) is 4.20. The Kier molecular flexibility index (Phi) is 6.60. The number of imidazole rings is 2. The molecular weight excluding hydrogens is 412 g/mol. The molecule has 4 aromatic rings. The summed E-state index contributed by atoms with van der Waals surface area (Å²) < 4.78 is 3.32. The Morgan fingerprint density at radius 1 is 0.968 bits per heavy atom. The number of aromatic amines is 2. The molecule has 164 valence electrons. The number of aryl methyl sites for hydroxylation is 2. The zero-order valence-electron chi connectivity index (χ0n) is 18.0. The summed E-state index contributed by atoms with van der Waals surface area (Å²) >= 11 is 1.38. The summed E-state index contributed by atoms with van der Waals surface area (Å²) in [4.78, 5) is 39.7. The van der Waals surface area contributed by atoms with E-state index in [1.165, 1.54) is 48.4 Å². The molecule has 3 heterocycles. The summed E-state index contributed by atoms with van der Waals surface area (Å²) in [6.07, 6.45) is 8.29. The Bertz CT molecular complexity index is 1270. The molecule has 4 rings (SSSR count). The quantitative estimate of drug-likeness (QED) is 0.360. The van der Waals surface area contributed by atoms with E-state index in [0.717, 1.165) is 23.9 Å². The first-order valence-corrected chi connectivity index (χ1v) is 11.7. The van der Waals surface area contributed by atoms with Gasteiger partial charge in [-0.1, -0.05) is 57.6 Å². The van der Waals surface area contributed by atoms with E-state index in [1.54, 1.807) is 7.05 Å². The van der Waals surface area contributed by atoms with Crippen LogP contribution in [0.3, 0.4) is 0 Å². The van der Waals surface area contributed by atoms with Crippen molar-refractivity contribution in [1.29, 1.82) is 0 Å². The number of nitrogens with zero attached hydrogens (tertiary/aromatic N) is 4. The summed E-state index contributed by atoms with van der Waals surface area (Å²) in [7, 11) is 1.63. The molecule has 8 nitrogen and oxygen atoms in total. The Hall–Kier alpha value is -2.81. The lowest BCUT2D eigenvalue weighted by Crippen LogP contribution is -2.29. The first kappa shape index (κ1) is 21.4. The van der Waals surface area contributed by atoms with Crippen LogP contribution in [0.4, 0.5) is 0 Å². The highest BCUT2D eigenvalue weighted by Crippen LogP contribution is 2.29. The summed E-state index contributed by atoms with van der Waals surface area (Å²) in [5.41, 5.74) is 1.81. The summed E-state index contributed by atoms with van der Waals surface area (Å²) in [6.45, 7) is 2.89. The number of benzene rings is 1. The Labute approximate surface area is 184 Å². The number of rotatable bonds is 10. The molecule has 9 heteroatoms. The van der Waals surface area contributed by atoms with Gasteiger partial charge in [0.15, 0.2) is 21.5 Å². The van der Waals surface area contributed by atoms with Gasteiger partial charge in [-0.15, -0.1) is 0 Å². The molecule has 0 bridgehead atoms. The second-order valence-electron chi connectivity index (χ2n) is 7.82. The van der Waals surface area contributed by atoms with Crippen LogP contribution in [0.25, 0.3) is 22.2 Å². The van der Waals surface area contributed by atoms with Gasteiger partial charge in [-0.25, -0.2) is 14.8 Å². The number of H-pyrrole nitrogens is 2. The van der Waals surface area contributed by atoms with E-state index in [-0.39, 0.29) is 0 Å².